The molecule has 2 aromatic rings. The van der Waals surface area contributed by atoms with E-state index in [-0.39, 0.29) is 51.8 Å². The van der Waals surface area contributed by atoms with E-state index < -0.39 is 58.9 Å². The van der Waals surface area contributed by atoms with Crippen molar-refractivity contribution in [2.45, 2.75) is 38.5 Å². The average Bonchev–Trinajstić information content (AvgIpc) is 3.42. The first-order valence-corrected chi connectivity index (χ1v) is 30.0. The molecule has 0 aromatic heterocycles. The summed E-state index contributed by atoms with van der Waals surface area (Å²) in [5.41, 5.74) is 4.22. The van der Waals surface area contributed by atoms with Crippen molar-refractivity contribution in [3.63, 3.8) is 0 Å². The van der Waals surface area contributed by atoms with Gasteiger partial charge in [0.15, 0.2) is 12.6 Å². The minimum atomic E-state index is -4.02. The number of ether oxygens (including phenoxy) is 4. The van der Waals surface area contributed by atoms with Gasteiger partial charge in [-0.25, -0.2) is 0 Å². The molecule has 6 heterocycles. The average molecular weight is 1250 g/mol. The van der Waals surface area contributed by atoms with E-state index in [1.165, 1.54) is 5.56 Å². The Labute approximate surface area is 447 Å². The summed E-state index contributed by atoms with van der Waals surface area (Å²) in [5.74, 6) is -4.37. The van der Waals surface area contributed by atoms with Gasteiger partial charge in [0.25, 0.3) is 0 Å². The maximum atomic E-state index is 12.7. The second kappa shape index (κ2) is 30.6. The number of nitrogens with zero attached hydrogens (tertiary/aromatic N) is 8. The number of carbonyl (C=O) groups excluding carboxylic acids is 3. The molecule has 8 rings (SSSR count). The Kier molecular flexibility index (Phi) is 23.8. The molecule has 0 saturated carbocycles. The summed E-state index contributed by atoms with van der Waals surface area (Å²) in [6, 6.07) is 16.4. The molecular formula is C50H73BiN8O16. The number of hydrogen-bond acceptors (Lipinski definition) is 21. The van der Waals surface area contributed by atoms with E-state index in [4.69, 9.17) is 27.4 Å². The Balaban J connectivity index is 0.000000219. The molecule has 0 radical (unpaired) electrons. The Morgan fingerprint density at radius 2 is 0.680 bits per heavy atom. The van der Waals surface area contributed by atoms with Crippen LogP contribution in [0.3, 0.4) is 0 Å². The van der Waals surface area contributed by atoms with Crippen LogP contribution in [-0.2, 0) is 69.2 Å². The summed E-state index contributed by atoms with van der Waals surface area (Å²) >= 11 is -4.02. The monoisotopic (exact) mass is 1250 g/mol. The molecular weight excluding hydrogens is 1180 g/mol. The Hall–Kier alpha value is -4.34. The van der Waals surface area contributed by atoms with Crippen molar-refractivity contribution in [2.75, 3.05) is 170 Å². The van der Waals surface area contributed by atoms with Crippen LogP contribution in [0.25, 0.3) is 0 Å². The Morgan fingerprint density at radius 1 is 0.413 bits per heavy atom. The number of carboxylic acid groups (broad SMARTS) is 3. The van der Waals surface area contributed by atoms with Gasteiger partial charge in [-0.1, -0.05) is 24.3 Å². The van der Waals surface area contributed by atoms with Crippen molar-refractivity contribution in [3.8, 4) is 0 Å². The van der Waals surface area contributed by atoms with E-state index in [0.717, 1.165) is 49.2 Å². The summed E-state index contributed by atoms with van der Waals surface area (Å²) in [7, 11) is 0. The zero-order valence-electron chi connectivity index (χ0n) is 42.7. The molecule has 2 unspecified atom stereocenters. The normalized spacial score (nSPS) is 25.0. The first-order valence-electron chi connectivity index (χ1n) is 25.8. The van der Waals surface area contributed by atoms with E-state index in [9.17, 15) is 44.1 Å². The van der Waals surface area contributed by atoms with Gasteiger partial charge in [0.2, 0.25) is 0 Å². The summed E-state index contributed by atoms with van der Waals surface area (Å²) in [6.07, 6.45) is 1.15. The Bertz CT molecular complexity index is 2090. The van der Waals surface area contributed by atoms with Gasteiger partial charge in [0.1, 0.15) is 0 Å². The molecule has 6 aliphatic rings. The molecule has 25 heteroatoms. The topological polar surface area (TPSA) is 254 Å². The van der Waals surface area contributed by atoms with Crippen LogP contribution in [0.2, 0.25) is 0 Å². The van der Waals surface area contributed by atoms with Crippen LogP contribution in [0.4, 0.5) is 0 Å². The molecule has 0 aliphatic carbocycles. The molecule has 6 fully saturated rings. The van der Waals surface area contributed by atoms with Crippen molar-refractivity contribution in [1.82, 2.24) is 39.2 Å². The summed E-state index contributed by atoms with van der Waals surface area (Å²) in [5, 5.41) is 28.0. The molecule has 414 valence electrons. The molecule has 3 N–H and O–H groups in total. The Morgan fingerprint density at radius 3 is 0.973 bits per heavy atom. The van der Waals surface area contributed by atoms with Gasteiger partial charge in [-0.3, -0.25) is 34.0 Å². The second-order valence-corrected chi connectivity index (χ2v) is 23.2. The number of aliphatic carboxylic acids is 3. The van der Waals surface area contributed by atoms with Crippen LogP contribution >= 0.6 is 0 Å². The van der Waals surface area contributed by atoms with Gasteiger partial charge in [-0.05, 0) is 18.4 Å². The molecule has 24 nitrogen and oxygen atoms in total. The molecule has 6 aliphatic heterocycles. The van der Waals surface area contributed by atoms with Crippen molar-refractivity contribution >= 4 is 58.9 Å². The quantitative estimate of drug-likeness (QED) is 0.228. The van der Waals surface area contributed by atoms with Crippen molar-refractivity contribution in [3.05, 3.63) is 70.8 Å². The van der Waals surface area contributed by atoms with E-state index in [1.807, 2.05) is 48.8 Å². The van der Waals surface area contributed by atoms with Crippen LogP contribution in [0.15, 0.2) is 48.5 Å². The zero-order chi connectivity index (χ0) is 52.9. The van der Waals surface area contributed by atoms with E-state index in [1.54, 1.807) is 4.90 Å². The summed E-state index contributed by atoms with van der Waals surface area (Å²) in [6.45, 7) is 12.9. The molecule has 75 heavy (non-hydrogen) atoms. The maximum absolute atomic E-state index is 12.7. The number of benzene rings is 2. The third-order valence-electron chi connectivity index (χ3n) is 13.5. The third-order valence-corrected chi connectivity index (χ3v) is 17.6. The summed E-state index contributed by atoms with van der Waals surface area (Å²) in [4.78, 5) is 88.1. The first-order chi connectivity index (χ1) is 36.3. The fourth-order valence-electron chi connectivity index (χ4n) is 9.37. The molecule has 2 aromatic carbocycles. The van der Waals surface area contributed by atoms with Gasteiger partial charge in [-0.2, -0.15) is 0 Å². The predicted molar refractivity (Wildman–Crippen MR) is 268 cm³/mol. The number of hydrogen-bond donors (Lipinski definition) is 3. The van der Waals surface area contributed by atoms with Crippen LogP contribution in [0.1, 0.15) is 47.7 Å². The van der Waals surface area contributed by atoms with Crippen molar-refractivity contribution in [2.24, 2.45) is 0 Å². The van der Waals surface area contributed by atoms with Crippen LogP contribution in [-0.4, -0.2) is 284 Å². The van der Waals surface area contributed by atoms with Gasteiger partial charge in [0.05, 0.1) is 46.1 Å². The summed E-state index contributed by atoms with van der Waals surface area (Å²) < 4.78 is 39.0. The first kappa shape index (κ1) is 58.3. The van der Waals surface area contributed by atoms with Gasteiger partial charge >= 0.3 is 215 Å². The van der Waals surface area contributed by atoms with E-state index >= 15 is 0 Å². The molecule has 4 bridgehead atoms. The van der Waals surface area contributed by atoms with Crippen molar-refractivity contribution < 1.29 is 71.5 Å². The minimum absolute atomic E-state index is 0.0603. The number of carboxylic acids is 3. The number of rotatable bonds is 12. The van der Waals surface area contributed by atoms with Crippen LogP contribution < -0.4 is 0 Å². The molecule has 2 atom stereocenters. The SMILES string of the molecule is O=C(O)CN1CCN(CC(=O)O)CCN(Cc2ccc(C3OCCCO3)cc2)CCN(CC(=O)O)CC1.O=C1CN2CCN3CCN(Cc4ccc(C5OCCCO5)cc4)CCN(CC2)CC(=O)[O][Bi]([O]1)[O]C(=O)C3. The van der Waals surface area contributed by atoms with Crippen molar-refractivity contribution in [1.29, 1.82) is 0 Å². The fraction of sp³-hybridized carbons (Fsp3) is 0.640. The van der Waals surface area contributed by atoms with E-state index in [2.05, 4.69) is 34.1 Å². The predicted octanol–water partition coefficient (Wildman–Crippen LogP) is -0.417. The second-order valence-electron chi connectivity index (χ2n) is 19.3. The fourth-order valence-corrected chi connectivity index (χ4v) is 12.4. The zero-order valence-corrected chi connectivity index (χ0v) is 46.1. The third kappa shape index (κ3) is 20.9. The van der Waals surface area contributed by atoms with Crippen LogP contribution in [0, 0.1) is 0 Å². The standard InChI is InChI=1S/2C25H38N4O8.Bi/c2*30-22(31)17-27-8-6-26(16-20-2-4-21(5-3-20)25-36-14-1-15-37-25)7-9-28(18-23(32)33)11-13-29(12-10-27)19-24(34)35;/h2*2-5,25H,1,6-19H2,(H,30,31)(H,32,33)(H,34,35);/q;;+3/p-3. The van der Waals surface area contributed by atoms with Crippen LogP contribution in [0.5, 0.6) is 0 Å². The van der Waals surface area contributed by atoms with Gasteiger partial charge < -0.3 is 34.3 Å². The number of carbonyl (C=O) groups is 6. The number of fused-ring (bicyclic) bond motifs is 7. The van der Waals surface area contributed by atoms with Gasteiger partial charge in [-0.15, -0.1) is 0 Å². The molecule has 0 amide bonds. The molecule has 6 saturated heterocycles. The molecule has 0 spiro atoms. The van der Waals surface area contributed by atoms with Gasteiger partial charge in [0, 0.05) is 64.5 Å². The van der Waals surface area contributed by atoms with E-state index in [0.29, 0.717) is 125 Å².